The molecule has 14 heteroatoms. The zero-order valence-electron chi connectivity index (χ0n) is 25.0. The molecule has 2 aliphatic rings. The molecular weight excluding hydrogens is 694 g/mol. The van der Waals surface area contributed by atoms with E-state index in [4.69, 9.17) is 23.2 Å². The van der Waals surface area contributed by atoms with Crippen molar-refractivity contribution < 1.29 is 27.6 Å². The van der Waals surface area contributed by atoms with Gasteiger partial charge in [-0.1, -0.05) is 103 Å². The molecule has 1 aromatic heterocycles. The third-order valence-electron chi connectivity index (χ3n) is 8.14. The van der Waals surface area contributed by atoms with Crippen molar-refractivity contribution in [1.82, 2.24) is 4.57 Å². The number of thioether (sulfide) groups is 1. The Balaban J connectivity index is 1.44. The Labute approximate surface area is 285 Å². The number of thiazole rings is 1. The number of fused-ring (bicyclic) bond motifs is 2. The molecule has 0 spiro atoms. The van der Waals surface area contributed by atoms with Gasteiger partial charge in [-0.3, -0.25) is 23.7 Å². The van der Waals surface area contributed by atoms with Crippen LogP contribution in [0.25, 0.3) is 0 Å². The highest BCUT2D eigenvalue weighted by atomic mass is 35.5. The highest BCUT2D eigenvalue weighted by Gasteiger charge is 2.57. The molecule has 3 amide bonds. The minimum atomic E-state index is -4.82. The summed E-state index contributed by atoms with van der Waals surface area (Å²) < 4.78 is 43.4. The first-order valence-electron chi connectivity index (χ1n) is 14.4. The molecule has 0 saturated carbocycles. The van der Waals surface area contributed by atoms with E-state index < -0.39 is 63.7 Å². The fourth-order valence-electron chi connectivity index (χ4n) is 5.87. The first-order valence-corrected chi connectivity index (χ1v) is 16.8. The summed E-state index contributed by atoms with van der Waals surface area (Å²) in [5.41, 5.74) is 0.122. The Morgan fingerprint density at radius 2 is 1.60 bits per heavy atom. The molecule has 6 rings (SSSR count). The summed E-state index contributed by atoms with van der Waals surface area (Å²) in [5, 5.41) is 2.35. The number of amides is 3. The standard InChI is InChI=1S/C33H26Cl2F3N3O4S2/c1-32(2,3)17-10-8-16(9-11-17)24-25-26(29(44)41(28(25)43)22-7-5-4-6-19(22)33(36,37)38)46-30-27(24)47-31(45)40(30)15-23(42)39-18-12-13-20(34)21(35)14-18/h4-14,24-26H,15H2,1-3H3,(H,39,42)/t24-,25-,26+/m0/s1. The highest BCUT2D eigenvalue weighted by Crippen LogP contribution is 2.54. The van der Waals surface area contributed by atoms with Crippen LogP contribution < -0.4 is 15.1 Å². The molecule has 0 bridgehead atoms. The van der Waals surface area contributed by atoms with Crippen LogP contribution in [-0.2, 0) is 32.5 Å². The van der Waals surface area contributed by atoms with Crippen LogP contribution in [-0.4, -0.2) is 27.5 Å². The van der Waals surface area contributed by atoms with E-state index in [0.29, 0.717) is 31.1 Å². The van der Waals surface area contributed by atoms with Crippen molar-refractivity contribution in [3.63, 3.8) is 0 Å². The molecule has 0 aliphatic carbocycles. The lowest BCUT2D eigenvalue weighted by molar-refractivity contribution is -0.137. The van der Waals surface area contributed by atoms with Crippen molar-refractivity contribution in [2.24, 2.45) is 5.92 Å². The molecule has 0 unspecified atom stereocenters. The number of aromatic nitrogens is 1. The zero-order chi connectivity index (χ0) is 34.0. The minimum absolute atomic E-state index is 0.193. The monoisotopic (exact) mass is 719 g/mol. The molecule has 1 N–H and O–H groups in total. The molecule has 3 heterocycles. The number of halogens is 5. The molecule has 47 heavy (non-hydrogen) atoms. The fraction of sp³-hybridized carbons (Fsp3) is 0.273. The Kier molecular flexibility index (Phi) is 8.61. The van der Waals surface area contributed by atoms with Crippen molar-refractivity contribution in [2.45, 2.75) is 55.1 Å². The molecule has 1 fully saturated rings. The number of imide groups is 1. The number of carbonyl (C=O) groups excluding carboxylic acids is 3. The van der Waals surface area contributed by atoms with Crippen molar-refractivity contribution in [3.8, 4) is 0 Å². The smallest absolute Gasteiger partial charge is 0.324 e. The second-order valence-corrected chi connectivity index (χ2v) is 15.2. The lowest BCUT2D eigenvalue weighted by atomic mass is 9.81. The van der Waals surface area contributed by atoms with Gasteiger partial charge in [0.15, 0.2) is 0 Å². The lowest BCUT2D eigenvalue weighted by Gasteiger charge is -2.31. The summed E-state index contributed by atoms with van der Waals surface area (Å²) in [7, 11) is 0. The molecule has 0 radical (unpaired) electrons. The zero-order valence-corrected chi connectivity index (χ0v) is 28.2. The van der Waals surface area contributed by atoms with Crippen LogP contribution >= 0.6 is 46.3 Å². The van der Waals surface area contributed by atoms with Gasteiger partial charge in [0, 0.05) is 16.5 Å². The third-order valence-corrected chi connectivity index (χ3v) is 11.5. The summed E-state index contributed by atoms with van der Waals surface area (Å²) in [6.07, 6.45) is -4.82. The number of hydrogen-bond donors (Lipinski definition) is 1. The summed E-state index contributed by atoms with van der Waals surface area (Å²) in [4.78, 5) is 55.2. The second kappa shape index (κ2) is 12.1. The highest BCUT2D eigenvalue weighted by molar-refractivity contribution is 8.00. The number of anilines is 2. The van der Waals surface area contributed by atoms with Gasteiger partial charge in [-0.15, -0.1) is 0 Å². The van der Waals surface area contributed by atoms with Crippen LogP contribution in [0.5, 0.6) is 0 Å². The van der Waals surface area contributed by atoms with Gasteiger partial charge in [-0.25, -0.2) is 4.90 Å². The van der Waals surface area contributed by atoms with Crippen LogP contribution in [0.1, 0.15) is 48.3 Å². The summed E-state index contributed by atoms with van der Waals surface area (Å²) in [6, 6.07) is 16.4. The Bertz CT molecular complexity index is 1990. The molecule has 3 atom stereocenters. The van der Waals surface area contributed by atoms with E-state index >= 15 is 0 Å². The average molecular weight is 721 g/mol. The largest absolute Gasteiger partial charge is 0.418 e. The summed E-state index contributed by atoms with van der Waals surface area (Å²) in [6.45, 7) is 5.69. The Morgan fingerprint density at radius 3 is 2.23 bits per heavy atom. The van der Waals surface area contributed by atoms with E-state index in [0.717, 1.165) is 40.8 Å². The number of hydrogen-bond acceptors (Lipinski definition) is 6. The Morgan fingerprint density at radius 1 is 0.915 bits per heavy atom. The van der Waals surface area contributed by atoms with Crippen LogP contribution in [0.15, 0.2) is 76.6 Å². The van der Waals surface area contributed by atoms with Crippen molar-refractivity contribution in [1.29, 1.82) is 0 Å². The van der Waals surface area contributed by atoms with Crippen LogP contribution in [0.4, 0.5) is 24.5 Å². The van der Waals surface area contributed by atoms with E-state index in [2.05, 4.69) is 5.32 Å². The van der Waals surface area contributed by atoms with Gasteiger partial charge in [-0.2, -0.15) is 13.2 Å². The van der Waals surface area contributed by atoms with Gasteiger partial charge >= 0.3 is 11.0 Å². The van der Waals surface area contributed by atoms with E-state index in [1.807, 2.05) is 45.0 Å². The van der Waals surface area contributed by atoms with E-state index in [1.165, 1.54) is 28.8 Å². The predicted octanol–water partition coefficient (Wildman–Crippen LogP) is 7.97. The third kappa shape index (κ3) is 6.12. The molecule has 7 nitrogen and oxygen atoms in total. The normalized spacial score (nSPS) is 19.5. The topological polar surface area (TPSA) is 88.5 Å². The summed E-state index contributed by atoms with van der Waals surface area (Å²) in [5.74, 6) is -4.10. The van der Waals surface area contributed by atoms with Crippen LogP contribution in [0, 0.1) is 5.92 Å². The molecule has 1 saturated heterocycles. The van der Waals surface area contributed by atoms with E-state index in [1.54, 1.807) is 6.07 Å². The predicted molar refractivity (Wildman–Crippen MR) is 178 cm³/mol. The number of nitrogens with one attached hydrogen (secondary N) is 1. The number of para-hydroxylation sites is 1. The van der Waals surface area contributed by atoms with Crippen molar-refractivity contribution >= 4 is 75.4 Å². The molecule has 4 aromatic rings. The van der Waals surface area contributed by atoms with Gasteiger partial charge in [-0.05, 0) is 46.9 Å². The van der Waals surface area contributed by atoms with Gasteiger partial charge in [0.2, 0.25) is 17.7 Å². The fourth-order valence-corrected chi connectivity index (χ4v) is 8.94. The average Bonchev–Trinajstić information content (AvgIpc) is 3.44. The maximum Gasteiger partial charge on any atom is 0.418 e. The molecule has 2 aliphatic heterocycles. The SMILES string of the molecule is CC(C)(C)c1ccc([C@@H]2c3sc(=O)n(CC(=O)Nc4ccc(Cl)c(Cl)c4)c3S[C@H]3C(=O)N(c4ccccc4C(F)(F)F)C(=O)[C@@H]23)cc1. The quantitative estimate of drug-likeness (QED) is 0.212. The van der Waals surface area contributed by atoms with E-state index in [9.17, 15) is 32.3 Å². The number of rotatable bonds is 5. The van der Waals surface area contributed by atoms with Crippen LogP contribution in [0.3, 0.4) is 0 Å². The number of alkyl halides is 3. The Hall–Kier alpha value is -3.58. The number of carbonyl (C=O) groups is 3. The van der Waals surface area contributed by atoms with E-state index in [-0.39, 0.29) is 10.4 Å². The number of nitrogens with zero attached hydrogens (tertiary/aromatic N) is 2. The second-order valence-electron chi connectivity index (χ2n) is 12.2. The van der Waals surface area contributed by atoms with Gasteiger partial charge in [0.1, 0.15) is 11.8 Å². The first kappa shape index (κ1) is 33.3. The van der Waals surface area contributed by atoms with Gasteiger partial charge < -0.3 is 5.32 Å². The maximum atomic E-state index is 14.1. The number of benzene rings is 3. The van der Waals surface area contributed by atoms with Crippen LogP contribution in [0.2, 0.25) is 10.0 Å². The molecule has 3 aromatic carbocycles. The van der Waals surface area contributed by atoms with Crippen molar-refractivity contribution in [2.75, 3.05) is 10.2 Å². The van der Waals surface area contributed by atoms with Gasteiger partial charge in [0.05, 0.1) is 32.2 Å². The molecule has 244 valence electrons. The lowest BCUT2D eigenvalue weighted by Crippen LogP contribution is -2.33. The first-order chi connectivity index (χ1) is 22.1. The molecular formula is C33H26Cl2F3N3O4S2. The van der Waals surface area contributed by atoms with Crippen molar-refractivity contribution in [3.05, 3.63) is 108 Å². The van der Waals surface area contributed by atoms with Gasteiger partial charge in [0.25, 0.3) is 0 Å². The maximum absolute atomic E-state index is 14.1. The minimum Gasteiger partial charge on any atom is -0.324 e. The summed E-state index contributed by atoms with van der Waals surface area (Å²) >= 11 is 13.8.